The number of benzene rings is 1. The van der Waals surface area contributed by atoms with Crippen molar-refractivity contribution in [3.05, 3.63) is 52.1 Å². The van der Waals surface area contributed by atoms with Crippen molar-refractivity contribution >= 4 is 23.5 Å². The number of carbonyl (C=O) groups is 1. The van der Waals surface area contributed by atoms with Crippen molar-refractivity contribution in [1.29, 1.82) is 0 Å². The lowest BCUT2D eigenvalue weighted by Gasteiger charge is -2.57. The molecular weight excluding hydrogens is 371 g/mol. The summed E-state index contributed by atoms with van der Waals surface area (Å²) in [7, 11) is 0. The van der Waals surface area contributed by atoms with Crippen molar-refractivity contribution in [3.8, 4) is 0 Å². The Kier molecular flexibility index (Phi) is 3.84. The molecule has 3 heterocycles. The van der Waals surface area contributed by atoms with Crippen LogP contribution in [-0.4, -0.2) is 52.1 Å². The first-order valence-corrected chi connectivity index (χ1v) is 9.38. The Hall–Kier alpha value is -2.25. The van der Waals surface area contributed by atoms with E-state index in [0.717, 1.165) is 18.5 Å². The number of ether oxygens (including phenoxy) is 1. The van der Waals surface area contributed by atoms with Gasteiger partial charge in [-0.15, -0.1) is 0 Å². The zero-order valence-electron chi connectivity index (χ0n) is 14.5. The molecule has 1 aromatic carbocycles. The van der Waals surface area contributed by atoms with Crippen molar-refractivity contribution in [3.63, 3.8) is 0 Å². The van der Waals surface area contributed by atoms with Crippen LogP contribution in [0.3, 0.4) is 0 Å². The van der Waals surface area contributed by atoms with E-state index >= 15 is 0 Å². The molecule has 2 fully saturated rings. The standard InChI is InChI=1S/C19H18ClFN4O2/c20-15-2-1-11-5-13(6-14(11)16(15)21)24-18-22-7-12(8-23-18)17(26)25-4-3-19(25)9-27-10-19/h1-2,7-8,13H,3-6,9-10H2,(H,22,23,24). The largest absolute Gasteiger partial charge is 0.376 e. The Morgan fingerprint density at radius 2 is 2.07 bits per heavy atom. The molecule has 1 amide bonds. The van der Waals surface area contributed by atoms with Crippen LogP contribution in [0.4, 0.5) is 10.3 Å². The monoisotopic (exact) mass is 388 g/mol. The van der Waals surface area contributed by atoms with Gasteiger partial charge in [0.2, 0.25) is 5.95 Å². The second-order valence-electron chi connectivity index (χ2n) is 7.47. The topological polar surface area (TPSA) is 67.4 Å². The minimum absolute atomic E-state index is 0.000273. The van der Waals surface area contributed by atoms with Gasteiger partial charge in [-0.25, -0.2) is 14.4 Å². The highest BCUT2D eigenvalue weighted by Crippen LogP contribution is 2.38. The van der Waals surface area contributed by atoms with Crippen LogP contribution in [0.15, 0.2) is 24.5 Å². The van der Waals surface area contributed by atoms with E-state index < -0.39 is 0 Å². The van der Waals surface area contributed by atoms with Gasteiger partial charge in [0.25, 0.3) is 5.91 Å². The van der Waals surface area contributed by atoms with Crippen molar-refractivity contribution in [1.82, 2.24) is 14.9 Å². The van der Waals surface area contributed by atoms with Crippen LogP contribution in [0.25, 0.3) is 0 Å². The lowest BCUT2D eigenvalue weighted by Crippen LogP contribution is -2.72. The van der Waals surface area contributed by atoms with Gasteiger partial charge in [0, 0.05) is 25.0 Å². The van der Waals surface area contributed by atoms with Gasteiger partial charge in [-0.1, -0.05) is 17.7 Å². The highest BCUT2D eigenvalue weighted by Gasteiger charge is 2.53. The summed E-state index contributed by atoms with van der Waals surface area (Å²) in [5.74, 6) is 0.0334. The Labute approximate surface area is 160 Å². The van der Waals surface area contributed by atoms with Gasteiger partial charge in [-0.2, -0.15) is 0 Å². The molecule has 1 N–H and O–H groups in total. The molecule has 5 rings (SSSR count). The van der Waals surface area contributed by atoms with Crippen LogP contribution in [0.5, 0.6) is 0 Å². The number of hydrogen-bond donors (Lipinski definition) is 1. The van der Waals surface area contributed by atoms with Crippen molar-refractivity contribution < 1.29 is 13.9 Å². The molecule has 140 valence electrons. The number of amides is 1. The van der Waals surface area contributed by atoms with Gasteiger partial charge in [0.1, 0.15) is 5.82 Å². The van der Waals surface area contributed by atoms with Crippen LogP contribution in [0.1, 0.15) is 27.9 Å². The molecule has 1 unspecified atom stereocenters. The number of carbonyl (C=O) groups excluding carboxylic acids is 1. The molecular formula is C19H18ClFN4O2. The summed E-state index contributed by atoms with van der Waals surface area (Å²) < 4.78 is 19.4. The van der Waals surface area contributed by atoms with E-state index in [1.165, 1.54) is 0 Å². The number of likely N-dealkylation sites (tertiary alicyclic amines) is 1. The van der Waals surface area contributed by atoms with Crippen molar-refractivity contribution in [2.75, 3.05) is 25.1 Å². The molecule has 1 aliphatic carbocycles. The molecule has 1 aromatic heterocycles. The normalized spacial score (nSPS) is 22.1. The van der Waals surface area contributed by atoms with Gasteiger partial charge in [0.15, 0.2) is 0 Å². The Morgan fingerprint density at radius 3 is 2.70 bits per heavy atom. The summed E-state index contributed by atoms with van der Waals surface area (Å²) in [6.45, 7) is 1.97. The van der Waals surface area contributed by atoms with Gasteiger partial charge in [-0.05, 0) is 36.5 Å². The van der Waals surface area contributed by atoms with E-state index in [1.54, 1.807) is 18.5 Å². The summed E-state index contributed by atoms with van der Waals surface area (Å²) in [5.41, 5.74) is 1.97. The van der Waals surface area contributed by atoms with E-state index in [2.05, 4.69) is 15.3 Å². The van der Waals surface area contributed by atoms with Gasteiger partial charge in [0.05, 0.1) is 29.3 Å². The Balaban J connectivity index is 1.25. The lowest BCUT2D eigenvalue weighted by molar-refractivity contribution is -0.172. The molecule has 0 bridgehead atoms. The number of nitrogens with one attached hydrogen (secondary N) is 1. The summed E-state index contributed by atoms with van der Waals surface area (Å²) in [4.78, 5) is 23.0. The average molecular weight is 389 g/mol. The van der Waals surface area contributed by atoms with Gasteiger partial charge in [-0.3, -0.25) is 4.79 Å². The van der Waals surface area contributed by atoms with E-state index in [-0.39, 0.29) is 28.3 Å². The first kappa shape index (κ1) is 16.9. The highest BCUT2D eigenvalue weighted by molar-refractivity contribution is 6.30. The third-order valence-electron chi connectivity index (χ3n) is 5.80. The molecule has 6 nitrogen and oxygen atoms in total. The molecule has 2 aromatic rings. The maximum absolute atomic E-state index is 14.1. The third kappa shape index (κ3) is 2.68. The van der Waals surface area contributed by atoms with Crippen LogP contribution < -0.4 is 5.32 Å². The molecule has 1 atom stereocenters. The number of halogens is 2. The highest BCUT2D eigenvalue weighted by atomic mass is 35.5. The van der Waals surface area contributed by atoms with Crippen LogP contribution in [-0.2, 0) is 17.6 Å². The summed E-state index contributed by atoms with van der Waals surface area (Å²) in [6, 6.07) is 3.45. The van der Waals surface area contributed by atoms with Gasteiger partial charge >= 0.3 is 0 Å². The first-order chi connectivity index (χ1) is 13.1. The SMILES string of the molecule is O=C(c1cnc(NC2Cc3ccc(Cl)c(F)c3C2)nc1)N1CCC12COC2. The Morgan fingerprint density at radius 1 is 1.30 bits per heavy atom. The van der Waals surface area contributed by atoms with Crippen LogP contribution in [0, 0.1) is 5.82 Å². The number of fused-ring (bicyclic) bond motifs is 1. The summed E-state index contributed by atoms with van der Waals surface area (Å²) >= 11 is 5.86. The molecule has 1 spiro atoms. The number of aromatic nitrogens is 2. The first-order valence-electron chi connectivity index (χ1n) is 9.00. The second kappa shape index (κ2) is 6.14. The predicted molar refractivity (Wildman–Crippen MR) is 97.5 cm³/mol. The average Bonchev–Trinajstić information content (AvgIpc) is 3.00. The minimum atomic E-state index is -0.344. The number of nitrogens with zero attached hydrogens (tertiary/aromatic N) is 3. The zero-order valence-corrected chi connectivity index (χ0v) is 15.3. The minimum Gasteiger partial charge on any atom is -0.376 e. The summed E-state index contributed by atoms with van der Waals surface area (Å²) in [5, 5.41) is 3.37. The smallest absolute Gasteiger partial charge is 0.257 e. The van der Waals surface area contributed by atoms with Crippen LogP contribution >= 0.6 is 11.6 Å². The molecule has 0 radical (unpaired) electrons. The fourth-order valence-electron chi connectivity index (χ4n) is 4.08. The maximum Gasteiger partial charge on any atom is 0.257 e. The van der Waals surface area contributed by atoms with E-state index in [0.29, 0.717) is 43.1 Å². The third-order valence-corrected chi connectivity index (χ3v) is 6.09. The molecule has 8 heteroatoms. The molecule has 2 aliphatic heterocycles. The van der Waals surface area contributed by atoms with Crippen LogP contribution in [0.2, 0.25) is 5.02 Å². The van der Waals surface area contributed by atoms with E-state index in [4.69, 9.17) is 16.3 Å². The molecule has 2 saturated heterocycles. The molecule has 27 heavy (non-hydrogen) atoms. The van der Waals surface area contributed by atoms with Crippen molar-refractivity contribution in [2.24, 2.45) is 0 Å². The lowest BCUT2D eigenvalue weighted by atomic mass is 9.82. The number of hydrogen-bond acceptors (Lipinski definition) is 5. The van der Waals surface area contributed by atoms with Gasteiger partial charge < -0.3 is 15.0 Å². The zero-order chi connectivity index (χ0) is 18.6. The molecule has 0 saturated carbocycles. The van der Waals surface area contributed by atoms with E-state index in [9.17, 15) is 9.18 Å². The predicted octanol–water partition coefficient (Wildman–Crippen LogP) is 2.46. The quantitative estimate of drug-likeness (QED) is 0.874. The maximum atomic E-state index is 14.1. The van der Waals surface area contributed by atoms with Crippen molar-refractivity contribution in [2.45, 2.75) is 30.8 Å². The number of anilines is 1. The summed E-state index contributed by atoms with van der Waals surface area (Å²) in [6.07, 6.45) is 5.29. The van der Waals surface area contributed by atoms with E-state index in [1.807, 2.05) is 11.0 Å². The molecule has 3 aliphatic rings. The fraction of sp³-hybridized carbons (Fsp3) is 0.421. The fourth-order valence-corrected chi connectivity index (χ4v) is 4.25. The Bertz CT molecular complexity index is 911. The number of rotatable bonds is 3. The second-order valence-corrected chi connectivity index (χ2v) is 7.88.